The van der Waals surface area contributed by atoms with Gasteiger partial charge in [-0.1, -0.05) is 19.9 Å². The van der Waals surface area contributed by atoms with Crippen molar-refractivity contribution < 1.29 is 23.1 Å². The highest BCUT2D eigenvalue weighted by Crippen LogP contribution is 2.11. The van der Waals surface area contributed by atoms with E-state index in [1.807, 2.05) is 0 Å². The van der Waals surface area contributed by atoms with Crippen molar-refractivity contribution in [1.29, 1.82) is 0 Å². The summed E-state index contributed by atoms with van der Waals surface area (Å²) in [6.07, 6.45) is 1.72. The van der Waals surface area contributed by atoms with Crippen molar-refractivity contribution >= 4 is 11.9 Å². The first-order valence-electron chi connectivity index (χ1n) is 7.29. The maximum atomic E-state index is 13.4. The number of halogens is 2. The highest BCUT2D eigenvalue weighted by Gasteiger charge is 2.16. The summed E-state index contributed by atoms with van der Waals surface area (Å²) in [5.74, 6) is -2.66. The predicted octanol–water partition coefficient (Wildman–Crippen LogP) is 3.06. The van der Waals surface area contributed by atoms with Gasteiger partial charge in [0.1, 0.15) is 17.2 Å². The summed E-state index contributed by atoms with van der Waals surface area (Å²) in [5, 5.41) is 2.30. The summed E-state index contributed by atoms with van der Waals surface area (Å²) < 4.78 is 31.7. The Morgan fingerprint density at radius 2 is 1.86 bits per heavy atom. The van der Waals surface area contributed by atoms with E-state index in [-0.39, 0.29) is 13.0 Å². The van der Waals surface area contributed by atoms with Gasteiger partial charge in [0.15, 0.2) is 0 Å². The van der Waals surface area contributed by atoms with Gasteiger partial charge in [0.25, 0.3) is 5.91 Å². The first-order valence-corrected chi connectivity index (χ1v) is 7.29. The minimum atomic E-state index is -0.936. The minimum absolute atomic E-state index is 0.0321. The third kappa shape index (κ3) is 6.20. The molecule has 22 heavy (non-hydrogen) atoms. The lowest BCUT2D eigenvalue weighted by Crippen LogP contribution is -2.28. The van der Waals surface area contributed by atoms with Gasteiger partial charge in [-0.05, 0) is 30.9 Å². The Bertz CT molecular complexity index is 498. The normalized spacial score (nSPS) is 10.6. The molecule has 1 aromatic rings. The van der Waals surface area contributed by atoms with Crippen LogP contribution in [0.5, 0.6) is 0 Å². The van der Waals surface area contributed by atoms with E-state index in [4.69, 9.17) is 4.74 Å². The number of esters is 1. The van der Waals surface area contributed by atoms with Gasteiger partial charge in [0, 0.05) is 6.54 Å². The molecule has 1 amide bonds. The van der Waals surface area contributed by atoms with E-state index < -0.39 is 29.1 Å². The van der Waals surface area contributed by atoms with Crippen molar-refractivity contribution in [2.24, 2.45) is 5.92 Å². The van der Waals surface area contributed by atoms with Crippen LogP contribution in [-0.4, -0.2) is 25.0 Å². The molecule has 0 spiro atoms. The molecule has 0 saturated carbocycles. The van der Waals surface area contributed by atoms with Crippen LogP contribution in [0.25, 0.3) is 0 Å². The lowest BCUT2D eigenvalue weighted by atomic mass is 10.1. The second kappa shape index (κ2) is 9.12. The molecule has 0 unspecified atom stereocenters. The van der Waals surface area contributed by atoms with Gasteiger partial charge < -0.3 is 10.1 Å². The van der Waals surface area contributed by atoms with E-state index in [1.165, 1.54) is 6.07 Å². The largest absolute Gasteiger partial charge is 0.466 e. The predicted molar refractivity (Wildman–Crippen MR) is 78.3 cm³/mol. The van der Waals surface area contributed by atoms with Crippen LogP contribution in [0, 0.1) is 17.6 Å². The Morgan fingerprint density at radius 1 is 1.23 bits per heavy atom. The van der Waals surface area contributed by atoms with Crippen molar-refractivity contribution in [3.63, 3.8) is 0 Å². The van der Waals surface area contributed by atoms with Gasteiger partial charge in [-0.25, -0.2) is 8.78 Å². The zero-order valence-corrected chi connectivity index (χ0v) is 12.8. The Kier molecular flexibility index (Phi) is 7.49. The Labute approximate surface area is 128 Å². The number of hydrogen-bond acceptors (Lipinski definition) is 3. The van der Waals surface area contributed by atoms with Crippen LogP contribution in [0.4, 0.5) is 8.78 Å². The van der Waals surface area contributed by atoms with Gasteiger partial charge in [-0.15, -0.1) is 0 Å². The zero-order chi connectivity index (χ0) is 16.5. The average Bonchev–Trinajstić information content (AvgIpc) is 2.43. The van der Waals surface area contributed by atoms with Crippen LogP contribution < -0.4 is 5.32 Å². The van der Waals surface area contributed by atoms with Crippen molar-refractivity contribution in [2.45, 2.75) is 33.1 Å². The molecule has 0 aliphatic rings. The van der Waals surface area contributed by atoms with E-state index in [0.29, 0.717) is 12.5 Å². The van der Waals surface area contributed by atoms with Crippen LogP contribution in [0.2, 0.25) is 0 Å². The zero-order valence-electron chi connectivity index (χ0n) is 12.8. The highest BCUT2D eigenvalue weighted by molar-refractivity contribution is 5.94. The third-order valence-electron chi connectivity index (χ3n) is 2.99. The van der Waals surface area contributed by atoms with Crippen LogP contribution in [0.15, 0.2) is 18.2 Å². The molecule has 0 aromatic heterocycles. The topological polar surface area (TPSA) is 55.4 Å². The second-order valence-corrected chi connectivity index (χ2v) is 5.36. The maximum absolute atomic E-state index is 13.4. The van der Waals surface area contributed by atoms with Crippen LogP contribution in [-0.2, 0) is 9.53 Å². The summed E-state index contributed by atoms with van der Waals surface area (Å²) in [6.45, 7) is 4.47. The quantitative estimate of drug-likeness (QED) is 0.593. The van der Waals surface area contributed by atoms with E-state index in [0.717, 1.165) is 25.0 Å². The lowest BCUT2D eigenvalue weighted by molar-refractivity contribution is -0.143. The Hall–Kier alpha value is -1.98. The lowest BCUT2D eigenvalue weighted by Gasteiger charge is -2.08. The SMILES string of the molecule is CC(C)CCCOC(=O)CCNC(=O)c1c(F)cccc1F. The number of hydrogen-bond donors (Lipinski definition) is 1. The van der Waals surface area contributed by atoms with Crippen molar-refractivity contribution in [3.05, 3.63) is 35.4 Å². The molecule has 4 nitrogen and oxygen atoms in total. The van der Waals surface area contributed by atoms with Crippen molar-refractivity contribution in [2.75, 3.05) is 13.2 Å². The summed E-state index contributed by atoms with van der Waals surface area (Å²) in [4.78, 5) is 23.1. The van der Waals surface area contributed by atoms with Crippen molar-refractivity contribution in [3.8, 4) is 0 Å². The molecule has 122 valence electrons. The van der Waals surface area contributed by atoms with Gasteiger partial charge in [0.05, 0.1) is 13.0 Å². The fraction of sp³-hybridized carbons (Fsp3) is 0.500. The van der Waals surface area contributed by atoms with Gasteiger partial charge in [-0.3, -0.25) is 9.59 Å². The fourth-order valence-electron chi connectivity index (χ4n) is 1.83. The maximum Gasteiger partial charge on any atom is 0.307 e. The molecular formula is C16H21F2NO3. The molecule has 0 heterocycles. The summed E-state index contributed by atoms with van der Waals surface area (Å²) >= 11 is 0. The van der Waals surface area contributed by atoms with Gasteiger partial charge >= 0.3 is 5.97 Å². The molecule has 0 bridgehead atoms. The number of nitrogens with one attached hydrogen (secondary N) is 1. The second-order valence-electron chi connectivity index (χ2n) is 5.36. The fourth-order valence-corrected chi connectivity index (χ4v) is 1.83. The van der Waals surface area contributed by atoms with E-state index in [2.05, 4.69) is 19.2 Å². The highest BCUT2D eigenvalue weighted by atomic mass is 19.1. The number of amides is 1. The monoisotopic (exact) mass is 313 g/mol. The van der Waals surface area contributed by atoms with Crippen LogP contribution >= 0.6 is 0 Å². The Morgan fingerprint density at radius 3 is 2.45 bits per heavy atom. The standard InChI is InChI=1S/C16H21F2NO3/c1-11(2)5-4-10-22-14(20)8-9-19-16(21)15-12(17)6-3-7-13(15)18/h3,6-7,11H,4-5,8-10H2,1-2H3,(H,19,21). The minimum Gasteiger partial charge on any atom is -0.466 e. The third-order valence-corrected chi connectivity index (χ3v) is 2.99. The smallest absolute Gasteiger partial charge is 0.307 e. The van der Waals surface area contributed by atoms with Crippen LogP contribution in [0.1, 0.15) is 43.5 Å². The molecule has 1 rings (SSSR count). The molecular weight excluding hydrogens is 292 g/mol. The van der Waals surface area contributed by atoms with E-state index in [1.54, 1.807) is 0 Å². The van der Waals surface area contributed by atoms with E-state index >= 15 is 0 Å². The summed E-state index contributed by atoms with van der Waals surface area (Å²) in [5.41, 5.74) is -0.646. The average molecular weight is 313 g/mol. The molecule has 1 N–H and O–H groups in total. The van der Waals surface area contributed by atoms with Gasteiger partial charge in [0.2, 0.25) is 0 Å². The van der Waals surface area contributed by atoms with E-state index in [9.17, 15) is 18.4 Å². The number of carbonyl (C=O) groups is 2. The molecule has 6 heteroatoms. The van der Waals surface area contributed by atoms with Crippen molar-refractivity contribution in [1.82, 2.24) is 5.32 Å². The number of benzene rings is 1. The first-order chi connectivity index (χ1) is 10.4. The number of carbonyl (C=O) groups excluding carboxylic acids is 2. The van der Waals surface area contributed by atoms with Crippen LogP contribution in [0.3, 0.4) is 0 Å². The Balaban J connectivity index is 2.29. The molecule has 0 aliphatic carbocycles. The molecule has 1 aromatic carbocycles. The number of ether oxygens (including phenoxy) is 1. The summed E-state index contributed by atoms with van der Waals surface area (Å²) in [7, 11) is 0. The molecule has 0 atom stereocenters. The molecule has 0 fully saturated rings. The van der Waals surface area contributed by atoms with Gasteiger partial charge in [-0.2, -0.15) is 0 Å². The molecule has 0 radical (unpaired) electrons. The summed E-state index contributed by atoms with van der Waals surface area (Å²) in [6, 6.07) is 3.18. The molecule has 0 saturated heterocycles. The molecule has 0 aliphatic heterocycles. The first kappa shape index (κ1) is 18.1. The number of rotatable bonds is 8.